The van der Waals surface area contributed by atoms with Gasteiger partial charge >= 0.3 is 7.75 Å². The second-order valence-corrected chi connectivity index (χ2v) is 7.51. The predicted molar refractivity (Wildman–Crippen MR) is 95.9 cm³/mol. The third-order valence-corrected chi connectivity index (χ3v) is 5.14. The van der Waals surface area contributed by atoms with Crippen molar-refractivity contribution in [3.8, 4) is 5.75 Å². The van der Waals surface area contributed by atoms with Crippen molar-refractivity contribution in [1.29, 1.82) is 0 Å². The van der Waals surface area contributed by atoms with Gasteiger partial charge < -0.3 is 4.52 Å². The van der Waals surface area contributed by atoms with Crippen LogP contribution in [0.5, 0.6) is 5.75 Å². The first-order chi connectivity index (χ1) is 10.8. The van der Waals surface area contributed by atoms with E-state index in [-0.39, 0.29) is 12.4 Å². The van der Waals surface area contributed by atoms with Crippen LogP contribution < -0.4 is 9.61 Å². The average molecular weight is 374 g/mol. The van der Waals surface area contributed by atoms with Crippen LogP contribution in [0.3, 0.4) is 0 Å². The third kappa shape index (κ3) is 4.89. The first-order valence-corrected chi connectivity index (χ1v) is 9.37. The molecule has 0 fully saturated rings. The lowest BCUT2D eigenvalue weighted by atomic mass is 10.2. The molecule has 23 heavy (non-hydrogen) atoms. The highest BCUT2D eigenvalue weighted by Gasteiger charge is 2.28. The van der Waals surface area contributed by atoms with E-state index in [4.69, 9.17) is 32.2 Å². The summed E-state index contributed by atoms with van der Waals surface area (Å²) in [6.07, 6.45) is 0. The highest BCUT2D eigenvalue weighted by Crippen LogP contribution is 2.50. The first kappa shape index (κ1) is 18.2. The van der Waals surface area contributed by atoms with Gasteiger partial charge in [0.15, 0.2) is 0 Å². The number of hydrogen-bond donors (Lipinski definition) is 1. The van der Waals surface area contributed by atoms with Crippen molar-refractivity contribution >= 4 is 36.6 Å². The van der Waals surface area contributed by atoms with Crippen LogP contribution in [0.4, 0.5) is 5.69 Å². The number of halogens is 2. The summed E-state index contributed by atoms with van der Waals surface area (Å²) in [4.78, 5) is 0. The standard InChI is InChI=1S/C16H18Cl2NO3P/c1-4-21-23(20,19-15-7-5-11(2)9-13(15)17)22-16-8-6-12(3)10-14(16)18/h5-10H,4H2,1-3H3,(H,19,20). The molecule has 0 saturated carbocycles. The molecular formula is C16H18Cl2NO3P. The summed E-state index contributed by atoms with van der Waals surface area (Å²) in [5.41, 5.74) is 2.44. The average Bonchev–Trinajstić information content (AvgIpc) is 2.46. The van der Waals surface area contributed by atoms with Crippen molar-refractivity contribution in [2.24, 2.45) is 0 Å². The Bertz CT molecular complexity index is 695. The minimum atomic E-state index is -3.67. The monoisotopic (exact) mass is 373 g/mol. The minimum absolute atomic E-state index is 0.206. The van der Waals surface area contributed by atoms with Crippen LogP contribution in [-0.4, -0.2) is 6.61 Å². The maximum absolute atomic E-state index is 13.0. The quantitative estimate of drug-likeness (QED) is 0.608. The smallest absolute Gasteiger partial charge is 0.407 e. The van der Waals surface area contributed by atoms with E-state index in [1.54, 1.807) is 31.2 Å². The fourth-order valence-electron chi connectivity index (χ4n) is 1.92. The molecule has 0 aromatic heterocycles. The zero-order valence-corrected chi connectivity index (χ0v) is 15.5. The van der Waals surface area contributed by atoms with Gasteiger partial charge in [0.2, 0.25) is 0 Å². The Morgan fingerprint density at radius 2 is 1.65 bits per heavy atom. The van der Waals surface area contributed by atoms with E-state index in [0.717, 1.165) is 11.1 Å². The highest BCUT2D eigenvalue weighted by molar-refractivity contribution is 7.55. The number of anilines is 1. The Morgan fingerprint density at radius 3 is 2.22 bits per heavy atom. The van der Waals surface area contributed by atoms with Gasteiger partial charge in [0.25, 0.3) is 0 Å². The Morgan fingerprint density at radius 1 is 1.04 bits per heavy atom. The molecule has 1 unspecified atom stereocenters. The zero-order valence-electron chi connectivity index (χ0n) is 13.1. The number of rotatable bonds is 6. The number of aryl methyl sites for hydroxylation is 2. The molecule has 0 radical (unpaired) electrons. The molecule has 0 saturated heterocycles. The molecule has 0 heterocycles. The molecule has 1 atom stereocenters. The van der Waals surface area contributed by atoms with Gasteiger partial charge in [-0.1, -0.05) is 35.3 Å². The second kappa shape index (κ2) is 7.59. The van der Waals surface area contributed by atoms with E-state index in [1.807, 2.05) is 26.0 Å². The van der Waals surface area contributed by atoms with Crippen LogP contribution >= 0.6 is 30.9 Å². The lowest BCUT2D eigenvalue weighted by molar-refractivity contribution is 0.284. The third-order valence-electron chi connectivity index (χ3n) is 2.99. The molecule has 1 N–H and O–H groups in total. The lowest BCUT2D eigenvalue weighted by Gasteiger charge is -2.21. The van der Waals surface area contributed by atoms with Gasteiger partial charge in [0, 0.05) is 0 Å². The predicted octanol–water partition coefficient (Wildman–Crippen LogP) is 6.25. The lowest BCUT2D eigenvalue weighted by Crippen LogP contribution is -2.08. The molecule has 2 aromatic carbocycles. The summed E-state index contributed by atoms with van der Waals surface area (Å²) in [6.45, 7) is 5.75. The zero-order chi connectivity index (χ0) is 17.0. The summed E-state index contributed by atoms with van der Waals surface area (Å²) in [7, 11) is -3.67. The SMILES string of the molecule is CCOP(=O)(Nc1ccc(C)cc1Cl)Oc1ccc(C)cc1Cl. The van der Waals surface area contributed by atoms with Gasteiger partial charge in [0.05, 0.1) is 22.3 Å². The summed E-state index contributed by atoms with van der Waals surface area (Å²) >= 11 is 12.3. The molecule has 2 aromatic rings. The van der Waals surface area contributed by atoms with E-state index in [1.165, 1.54) is 0 Å². The Labute approximate surface area is 146 Å². The van der Waals surface area contributed by atoms with Crippen molar-refractivity contribution in [2.75, 3.05) is 11.7 Å². The molecule has 7 heteroatoms. The van der Waals surface area contributed by atoms with Crippen LogP contribution in [0.25, 0.3) is 0 Å². The summed E-state index contributed by atoms with van der Waals surface area (Å²) in [5.74, 6) is 0.282. The number of hydrogen-bond acceptors (Lipinski definition) is 3. The van der Waals surface area contributed by atoms with E-state index in [2.05, 4.69) is 5.09 Å². The van der Waals surface area contributed by atoms with Gasteiger partial charge in [-0.05, 0) is 56.2 Å². The van der Waals surface area contributed by atoms with Gasteiger partial charge in [-0.15, -0.1) is 0 Å². The van der Waals surface area contributed by atoms with Crippen LogP contribution in [0.1, 0.15) is 18.1 Å². The Kier molecular flexibility index (Phi) is 5.99. The van der Waals surface area contributed by atoms with Gasteiger partial charge in [-0.25, -0.2) is 4.57 Å². The maximum Gasteiger partial charge on any atom is 0.486 e. The van der Waals surface area contributed by atoms with E-state index >= 15 is 0 Å². The molecule has 0 bridgehead atoms. The molecule has 0 aliphatic heterocycles. The Hall–Kier alpha value is -1.19. The van der Waals surface area contributed by atoms with Crippen LogP contribution in [0, 0.1) is 13.8 Å². The van der Waals surface area contributed by atoms with Crippen molar-refractivity contribution in [1.82, 2.24) is 0 Å². The van der Waals surface area contributed by atoms with Gasteiger partial charge in [0.1, 0.15) is 5.75 Å². The van der Waals surface area contributed by atoms with Crippen molar-refractivity contribution in [2.45, 2.75) is 20.8 Å². The van der Waals surface area contributed by atoms with Gasteiger partial charge in [-0.2, -0.15) is 0 Å². The first-order valence-electron chi connectivity index (χ1n) is 7.08. The van der Waals surface area contributed by atoms with Crippen LogP contribution in [-0.2, 0) is 9.09 Å². The molecule has 124 valence electrons. The summed E-state index contributed by atoms with van der Waals surface area (Å²) < 4.78 is 23.8. The van der Waals surface area contributed by atoms with Crippen LogP contribution in [0.2, 0.25) is 10.0 Å². The molecule has 4 nitrogen and oxygen atoms in total. The molecule has 0 amide bonds. The topological polar surface area (TPSA) is 47.6 Å². The van der Waals surface area contributed by atoms with E-state index < -0.39 is 7.75 Å². The number of nitrogens with one attached hydrogen (secondary N) is 1. The molecule has 0 spiro atoms. The normalized spacial score (nSPS) is 13.4. The molecule has 2 rings (SSSR count). The van der Waals surface area contributed by atoms with E-state index in [9.17, 15) is 4.57 Å². The largest absolute Gasteiger partial charge is 0.486 e. The molecule has 0 aliphatic carbocycles. The maximum atomic E-state index is 13.0. The van der Waals surface area contributed by atoms with Crippen LogP contribution in [0.15, 0.2) is 36.4 Å². The van der Waals surface area contributed by atoms with Gasteiger partial charge in [-0.3, -0.25) is 9.61 Å². The van der Waals surface area contributed by atoms with Crippen molar-refractivity contribution in [3.05, 3.63) is 57.6 Å². The summed E-state index contributed by atoms with van der Waals surface area (Å²) in [5, 5.41) is 3.56. The molecular weight excluding hydrogens is 356 g/mol. The fourth-order valence-corrected chi connectivity index (χ4v) is 4.01. The highest BCUT2D eigenvalue weighted by atomic mass is 35.5. The molecule has 0 aliphatic rings. The van der Waals surface area contributed by atoms with E-state index in [0.29, 0.717) is 15.7 Å². The van der Waals surface area contributed by atoms with Crippen molar-refractivity contribution in [3.63, 3.8) is 0 Å². The minimum Gasteiger partial charge on any atom is -0.407 e. The number of benzene rings is 2. The Balaban J connectivity index is 2.29. The second-order valence-electron chi connectivity index (χ2n) is 5.04. The summed E-state index contributed by atoms with van der Waals surface area (Å²) in [6, 6.07) is 10.5. The fraction of sp³-hybridized carbons (Fsp3) is 0.250. The van der Waals surface area contributed by atoms with Crippen molar-refractivity contribution < 1.29 is 13.6 Å².